The second-order valence-corrected chi connectivity index (χ2v) is 9.78. The van der Waals surface area contributed by atoms with E-state index in [0.29, 0.717) is 23.2 Å². The fourth-order valence-corrected chi connectivity index (χ4v) is 5.10. The van der Waals surface area contributed by atoms with Crippen molar-refractivity contribution in [3.8, 4) is 17.2 Å². The molecule has 5 nitrogen and oxygen atoms in total. The summed E-state index contributed by atoms with van der Waals surface area (Å²) in [6.45, 7) is 6.20. The molecule has 4 aromatic rings. The summed E-state index contributed by atoms with van der Waals surface area (Å²) in [7, 11) is 0. The zero-order valence-electron chi connectivity index (χ0n) is 18.6. The first-order valence-electron chi connectivity index (χ1n) is 10.7. The highest BCUT2D eigenvalue weighted by atomic mass is 79.9. The van der Waals surface area contributed by atoms with Crippen molar-refractivity contribution in [2.24, 2.45) is 0 Å². The minimum Gasteiger partial charge on any atom is -0.482 e. The molecule has 0 saturated carbocycles. The number of rotatable bonds is 7. The molecular weight excluding hydrogens is 548 g/mol. The van der Waals surface area contributed by atoms with Crippen molar-refractivity contribution in [1.29, 1.82) is 0 Å². The molecule has 33 heavy (non-hydrogen) atoms. The first-order valence-corrected chi connectivity index (χ1v) is 12.3. The molecule has 0 aliphatic carbocycles. The maximum Gasteiger partial charge on any atom is 0.262 e. The van der Waals surface area contributed by atoms with E-state index in [1.807, 2.05) is 49.4 Å². The van der Waals surface area contributed by atoms with Crippen molar-refractivity contribution in [2.75, 3.05) is 11.9 Å². The Kier molecular flexibility index (Phi) is 7.20. The fourth-order valence-electron chi connectivity index (χ4n) is 3.55. The maximum atomic E-state index is 12.5. The Morgan fingerprint density at radius 1 is 1.15 bits per heavy atom. The SMILES string of the molecule is CC[C@H](C)c1ccc2oc(-c3cccc(NC(=O)COc4c(C)cc(Br)cc4Br)c3)nc2c1. The van der Waals surface area contributed by atoms with E-state index < -0.39 is 0 Å². The van der Waals surface area contributed by atoms with E-state index in [0.717, 1.165) is 37.6 Å². The molecule has 1 N–H and O–H groups in total. The summed E-state index contributed by atoms with van der Waals surface area (Å²) in [4.78, 5) is 17.2. The third-order valence-electron chi connectivity index (χ3n) is 5.53. The smallest absolute Gasteiger partial charge is 0.262 e. The zero-order chi connectivity index (χ0) is 23.5. The molecular formula is C26H24Br2N2O3. The van der Waals surface area contributed by atoms with Gasteiger partial charge in [-0.25, -0.2) is 4.98 Å². The Morgan fingerprint density at radius 2 is 1.97 bits per heavy atom. The molecule has 4 rings (SSSR count). The van der Waals surface area contributed by atoms with E-state index in [1.165, 1.54) is 5.56 Å². The van der Waals surface area contributed by atoms with E-state index in [9.17, 15) is 4.79 Å². The Bertz CT molecular complexity index is 1290. The van der Waals surface area contributed by atoms with Gasteiger partial charge in [-0.1, -0.05) is 41.9 Å². The first-order chi connectivity index (χ1) is 15.8. The lowest BCUT2D eigenvalue weighted by molar-refractivity contribution is -0.118. The Hall–Kier alpha value is -2.64. The summed E-state index contributed by atoms with van der Waals surface area (Å²) in [6, 6.07) is 17.4. The number of oxazole rings is 1. The number of halogens is 2. The average molecular weight is 572 g/mol. The van der Waals surface area contributed by atoms with Gasteiger partial charge in [-0.05, 0) is 88.8 Å². The van der Waals surface area contributed by atoms with Crippen LogP contribution >= 0.6 is 31.9 Å². The number of hydrogen-bond acceptors (Lipinski definition) is 4. The molecule has 7 heteroatoms. The number of nitrogens with one attached hydrogen (secondary N) is 1. The third kappa shape index (κ3) is 5.47. The Labute approximate surface area is 209 Å². The number of hydrogen-bond donors (Lipinski definition) is 1. The van der Waals surface area contributed by atoms with Crippen LogP contribution in [0.5, 0.6) is 5.75 Å². The molecule has 0 bridgehead atoms. The van der Waals surface area contributed by atoms with Crippen molar-refractivity contribution in [1.82, 2.24) is 4.98 Å². The van der Waals surface area contributed by atoms with Gasteiger partial charge in [0.15, 0.2) is 12.2 Å². The number of anilines is 1. The van der Waals surface area contributed by atoms with Crippen molar-refractivity contribution in [3.05, 3.63) is 74.7 Å². The highest BCUT2D eigenvalue weighted by Gasteiger charge is 2.13. The van der Waals surface area contributed by atoms with E-state index in [-0.39, 0.29) is 12.5 Å². The van der Waals surface area contributed by atoms with Crippen molar-refractivity contribution >= 4 is 54.6 Å². The molecule has 3 aromatic carbocycles. The van der Waals surface area contributed by atoms with Gasteiger partial charge < -0.3 is 14.5 Å². The summed E-state index contributed by atoms with van der Waals surface area (Å²) in [6.07, 6.45) is 1.07. The molecule has 1 aromatic heterocycles. The van der Waals surface area contributed by atoms with Gasteiger partial charge in [0.2, 0.25) is 5.89 Å². The summed E-state index contributed by atoms with van der Waals surface area (Å²) in [5.41, 5.74) is 5.20. The molecule has 0 radical (unpaired) electrons. The number of carbonyl (C=O) groups excluding carboxylic acids is 1. The van der Waals surface area contributed by atoms with Gasteiger partial charge in [-0.15, -0.1) is 0 Å². The Morgan fingerprint density at radius 3 is 2.73 bits per heavy atom. The highest BCUT2D eigenvalue weighted by molar-refractivity contribution is 9.11. The second kappa shape index (κ2) is 10.1. The number of ether oxygens (including phenoxy) is 1. The van der Waals surface area contributed by atoms with Gasteiger partial charge in [-0.2, -0.15) is 0 Å². The Balaban J connectivity index is 1.47. The molecule has 0 aliphatic heterocycles. The van der Waals surface area contributed by atoms with Crippen LogP contribution in [0.25, 0.3) is 22.6 Å². The van der Waals surface area contributed by atoms with Crippen LogP contribution in [-0.4, -0.2) is 17.5 Å². The lowest BCUT2D eigenvalue weighted by Gasteiger charge is -2.12. The highest BCUT2D eigenvalue weighted by Crippen LogP contribution is 2.32. The summed E-state index contributed by atoms with van der Waals surface area (Å²) < 4.78 is 13.4. The lowest BCUT2D eigenvalue weighted by Crippen LogP contribution is -2.20. The van der Waals surface area contributed by atoms with Crippen LogP contribution in [-0.2, 0) is 4.79 Å². The van der Waals surface area contributed by atoms with Crippen LogP contribution in [0.4, 0.5) is 5.69 Å². The third-order valence-corrected chi connectivity index (χ3v) is 6.57. The fraction of sp³-hybridized carbons (Fsp3) is 0.231. The van der Waals surface area contributed by atoms with Crippen LogP contribution in [0.2, 0.25) is 0 Å². The van der Waals surface area contributed by atoms with E-state index in [1.54, 1.807) is 0 Å². The predicted molar refractivity (Wildman–Crippen MR) is 139 cm³/mol. The standard InChI is InChI=1S/C26H24Br2N2O3/c1-4-15(2)17-8-9-23-22(12-17)30-26(33-23)18-6-5-7-20(11-18)29-24(31)14-32-25-16(3)10-19(27)13-21(25)28/h5-13,15H,4,14H2,1-3H3,(H,29,31)/t15-/m0/s1. The number of aromatic nitrogens is 1. The van der Waals surface area contributed by atoms with Gasteiger partial charge in [0.05, 0.1) is 4.47 Å². The van der Waals surface area contributed by atoms with E-state index in [2.05, 4.69) is 68.1 Å². The lowest BCUT2D eigenvalue weighted by atomic mass is 9.98. The summed E-state index contributed by atoms with van der Waals surface area (Å²) in [5.74, 6) is 1.38. The number of amides is 1. The van der Waals surface area contributed by atoms with Gasteiger partial charge in [0.1, 0.15) is 11.3 Å². The molecule has 1 atom stereocenters. The van der Waals surface area contributed by atoms with Gasteiger partial charge >= 0.3 is 0 Å². The average Bonchev–Trinajstić information content (AvgIpc) is 3.21. The van der Waals surface area contributed by atoms with Crippen LogP contribution < -0.4 is 10.1 Å². The van der Waals surface area contributed by atoms with Gasteiger partial charge in [0.25, 0.3) is 5.91 Å². The summed E-state index contributed by atoms with van der Waals surface area (Å²) >= 11 is 6.92. The topological polar surface area (TPSA) is 64.4 Å². The number of benzene rings is 3. The van der Waals surface area contributed by atoms with Gasteiger partial charge in [-0.3, -0.25) is 4.79 Å². The van der Waals surface area contributed by atoms with Crippen molar-refractivity contribution in [2.45, 2.75) is 33.1 Å². The van der Waals surface area contributed by atoms with E-state index >= 15 is 0 Å². The molecule has 0 fully saturated rings. The number of fused-ring (bicyclic) bond motifs is 1. The van der Waals surface area contributed by atoms with Crippen LogP contribution in [0.1, 0.15) is 37.3 Å². The molecule has 0 spiro atoms. The zero-order valence-corrected chi connectivity index (χ0v) is 21.8. The van der Waals surface area contributed by atoms with Crippen LogP contribution in [0.3, 0.4) is 0 Å². The molecule has 1 amide bonds. The first kappa shape index (κ1) is 23.5. The molecule has 0 unspecified atom stereocenters. The summed E-state index contributed by atoms with van der Waals surface area (Å²) in [5, 5.41) is 2.88. The molecule has 0 saturated heterocycles. The quantitative estimate of drug-likeness (QED) is 0.245. The molecule has 0 aliphatic rings. The predicted octanol–water partition coefficient (Wildman–Crippen LogP) is 7.86. The van der Waals surface area contributed by atoms with Crippen molar-refractivity contribution in [3.63, 3.8) is 0 Å². The van der Waals surface area contributed by atoms with E-state index in [4.69, 9.17) is 9.15 Å². The van der Waals surface area contributed by atoms with Gasteiger partial charge in [0, 0.05) is 15.7 Å². The maximum absolute atomic E-state index is 12.5. The van der Waals surface area contributed by atoms with Crippen molar-refractivity contribution < 1.29 is 13.9 Å². The largest absolute Gasteiger partial charge is 0.482 e. The van der Waals surface area contributed by atoms with Crippen LogP contribution in [0.15, 0.2) is 68.0 Å². The molecule has 1 heterocycles. The number of nitrogens with zero attached hydrogens (tertiary/aromatic N) is 1. The minimum absolute atomic E-state index is 0.105. The van der Waals surface area contributed by atoms with Crippen LogP contribution in [0, 0.1) is 6.92 Å². The number of carbonyl (C=O) groups is 1. The minimum atomic E-state index is -0.253. The molecule has 170 valence electrons. The number of aryl methyl sites for hydroxylation is 1. The normalized spacial score (nSPS) is 12.0. The monoisotopic (exact) mass is 570 g/mol. The second-order valence-electron chi connectivity index (χ2n) is 8.01.